The molecule has 0 bridgehead atoms. The molecule has 0 spiro atoms. The van der Waals surface area contributed by atoms with E-state index in [0.29, 0.717) is 6.07 Å². The van der Waals surface area contributed by atoms with Crippen molar-refractivity contribution in [2.75, 3.05) is 0 Å². The molecule has 2 unspecified atom stereocenters. The predicted molar refractivity (Wildman–Crippen MR) is 69.1 cm³/mol. The van der Waals surface area contributed by atoms with E-state index in [1.54, 1.807) is 6.92 Å². The lowest BCUT2D eigenvalue weighted by atomic mass is 10.2. The fourth-order valence-electron chi connectivity index (χ4n) is 1.69. The van der Waals surface area contributed by atoms with Gasteiger partial charge in [0.2, 0.25) is 15.8 Å². The van der Waals surface area contributed by atoms with Crippen LogP contribution in [-0.2, 0) is 10.0 Å². The summed E-state index contributed by atoms with van der Waals surface area (Å²) in [5, 5.41) is 19.8. The summed E-state index contributed by atoms with van der Waals surface area (Å²) in [5.74, 6) is -1.11. The molecule has 0 aliphatic heterocycles. The van der Waals surface area contributed by atoms with Crippen molar-refractivity contribution in [3.63, 3.8) is 0 Å². The molecule has 1 aromatic rings. The highest BCUT2D eigenvalue weighted by molar-refractivity contribution is 7.89. The number of nitro groups is 1. The molecule has 2 atom stereocenters. The summed E-state index contributed by atoms with van der Waals surface area (Å²) in [6, 6.07) is 1.77. The Morgan fingerprint density at radius 3 is 2.55 bits per heavy atom. The van der Waals surface area contributed by atoms with Crippen LogP contribution < -0.4 is 4.72 Å². The third-order valence-electron chi connectivity index (χ3n) is 2.48. The molecule has 0 aliphatic carbocycles. The molecular weight excluding hydrogens is 291 g/mol. The zero-order chi connectivity index (χ0) is 15.5. The van der Waals surface area contributed by atoms with Crippen LogP contribution in [0, 0.1) is 15.9 Å². The summed E-state index contributed by atoms with van der Waals surface area (Å²) in [6.07, 6.45) is -0.516. The summed E-state index contributed by atoms with van der Waals surface area (Å²) in [7, 11) is -4.01. The molecular formula is C11H15FN2O5S. The van der Waals surface area contributed by atoms with Gasteiger partial charge in [-0.2, -0.15) is 4.39 Å². The third kappa shape index (κ3) is 4.22. The van der Waals surface area contributed by atoms with E-state index in [1.165, 1.54) is 6.92 Å². The second-order valence-electron chi connectivity index (χ2n) is 4.48. The van der Waals surface area contributed by atoms with E-state index in [0.717, 1.165) is 12.1 Å². The number of benzene rings is 1. The van der Waals surface area contributed by atoms with E-state index in [4.69, 9.17) is 5.11 Å². The predicted octanol–water partition coefficient (Wildman–Crippen LogP) is 1.17. The summed E-state index contributed by atoms with van der Waals surface area (Å²) < 4.78 is 39.4. The number of nitrogens with zero attached hydrogens (tertiary/aromatic N) is 1. The number of aliphatic hydroxyl groups excluding tert-OH is 1. The normalized spacial score (nSPS) is 14.8. The van der Waals surface area contributed by atoms with Gasteiger partial charge in [-0.25, -0.2) is 13.1 Å². The van der Waals surface area contributed by atoms with Crippen LogP contribution in [0.15, 0.2) is 23.1 Å². The minimum atomic E-state index is -4.01. The van der Waals surface area contributed by atoms with Gasteiger partial charge in [-0.3, -0.25) is 10.1 Å². The summed E-state index contributed by atoms with van der Waals surface area (Å²) in [6.45, 7) is 3.05. The van der Waals surface area contributed by atoms with Crippen LogP contribution in [-0.4, -0.2) is 30.6 Å². The number of nitro benzene ring substituents is 1. The van der Waals surface area contributed by atoms with Gasteiger partial charge in [-0.05, 0) is 32.4 Å². The molecule has 0 radical (unpaired) electrons. The van der Waals surface area contributed by atoms with Crippen molar-refractivity contribution in [1.29, 1.82) is 0 Å². The number of aliphatic hydroxyl groups is 1. The quantitative estimate of drug-likeness (QED) is 0.605. The molecule has 2 N–H and O–H groups in total. The maximum absolute atomic E-state index is 13.2. The Morgan fingerprint density at radius 2 is 2.05 bits per heavy atom. The molecule has 0 aliphatic rings. The Bertz CT molecular complexity index is 603. The SMILES string of the molecule is CC(O)CC(C)NS(=O)(=O)c1ccc(F)c([N+](=O)[O-])c1. The number of halogens is 1. The Balaban J connectivity index is 3.04. The molecule has 9 heteroatoms. The van der Waals surface area contributed by atoms with Gasteiger partial charge >= 0.3 is 5.69 Å². The van der Waals surface area contributed by atoms with E-state index in [2.05, 4.69) is 4.72 Å². The Hall–Kier alpha value is -1.58. The standard InChI is InChI=1S/C11H15FN2O5S/c1-7(5-8(2)15)13-20(18,19)9-3-4-10(12)11(6-9)14(16)17/h3-4,6-8,13,15H,5H2,1-2H3. The van der Waals surface area contributed by atoms with E-state index >= 15 is 0 Å². The van der Waals surface area contributed by atoms with Crippen molar-refractivity contribution in [1.82, 2.24) is 4.72 Å². The van der Waals surface area contributed by atoms with Crippen LogP contribution in [0.2, 0.25) is 0 Å². The molecule has 0 amide bonds. The van der Waals surface area contributed by atoms with Crippen molar-refractivity contribution >= 4 is 15.7 Å². The van der Waals surface area contributed by atoms with Gasteiger partial charge in [0.05, 0.1) is 15.9 Å². The highest BCUT2D eigenvalue weighted by Crippen LogP contribution is 2.21. The van der Waals surface area contributed by atoms with Gasteiger partial charge in [0.25, 0.3) is 0 Å². The minimum absolute atomic E-state index is 0.183. The largest absolute Gasteiger partial charge is 0.393 e. The van der Waals surface area contributed by atoms with Crippen LogP contribution in [0.4, 0.5) is 10.1 Å². The Morgan fingerprint density at radius 1 is 1.45 bits per heavy atom. The second-order valence-corrected chi connectivity index (χ2v) is 6.19. The van der Waals surface area contributed by atoms with Crippen LogP contribution >= 0.6 is 0 Å². The molecule has 20 heavy (non-hydrogen) atoms. The average molecular weight is 306 g/mol. The first-order valence-corrected chi connectivity index (χ1v) is 7.26. The van der Waals surface area contributed by atoms with Crippen molar-refractivity contribution in [3.05, 3.63) is 34.1 Å². The maximum atomic E-state index is 13.2. The first kappa shape index (κ1) is 16.5. The number of hydrogen-bond acceptors (Lipinski definition) is 5. The summed E-state index contributed by atoms with van der Waals surface area (Å²) in [5.41, 5.74) is -0.906. The average Bonchev–Trinajstić information content (AvgIpc) is 2.26. The zero-order valence-electron chi connectivity index (χ0n) is 10.9. The van der Waals surface area contributed by atoms with Crippen molar-refractivity contribution in [2.24, 2.45) is 0 Å². The fourth-order valence-corrected chi connectivity index (χ4v) is 2.97. The highest BCUT2D eigenvalue weighted by atomic mass is 32.2. The first-order chi connectivity index (χ1) is 9.13. The monoisotopic (exact) mass is 306 g/mol. The lowest BCUT2D eigenvalue weighted by Crippen LogP contribution is -2.34. The molecule has 112 valence electrons. The molecule has 0 fully saturated rings. The van der Waals surface area contributed by atoms with E-state index in [9.17, 15) is 22.9 Å². The molecule has 7 nitrogen and oxygen atoms in total. The van der Waals surface area contributed by atoms with E-state index in [1.807, 2.05) is 0 Å². The molecule has 0 aromatic heterocycles. The van der Waals surface area contributed by atoms with Crippen molar-refractivity contribution in [2.45, 2.75) is 37.3 Å². The lowest BCUT2D eigenvalue weighted by molar-refractivity contribution is -0.387. The summed E-state index contributed by atoms with van der Waals surface area (Å²) >= 11 is 0. The highest BCUT2D eigenvalue weighted by Gasteiger charge is 2.23. The third-order valence-corrected chi connectivity index (χ3v) is 4.06. The van der Waals surface area contributed by atoms with Gasteiger partial charge in [0.15, 0.2) is 0 Å². The molecule has 0 saturated carbocycles. The second kappa shape index (κ2) is 6.25. The number of sulfonamides is 1. The van der Waals surface area contributed by atoms with Crippen LogP contribution in [0.3, 0.4) is 0 Å². The number of hydrogen-bond donors (Lipinski definition) is 2. The minimum Gasteiger partial charge on any atom is -0.393 e. The first-order valence-electron chi connectivity index (χ1n) is 5.78. The van der Waals surface area contributed by atoms with Gasteiger partial charge in [0, 0.05) is 12.1 Å². The van der Waals surface area contributed by atoms with Crippen molar-refractivity contribution < 1.29 is 22.8 Å². The molecule has 1 rings (SSSR count). The van der Waals surface area contributed by atoms with E-state index < -0.39 is 43.5 Å². The number of rotatable bonds is 6. The van der Waals surface area contributed by atoms with Gasteiger partial charge in [-0.15, -0.1) is 0 Å². The topological polar surface area (TPSA) is 110 Å². The van der Waals surface area contributed by atoms with Crippen LogP contribution in [0.5, 0.6) is 0 Å². The van der Waals surface area contributed by atoms with Crippen LogP contribution in [0.1, 0.15) is 20.3 Å². The summed E-state index contributed by atoms with van der Waals surface area (Å²) in [4.78, 5) is 9.19. The molecule has 0 heterocycles. The molecule has 1 aromatic carbocycles. The maximum Gasteiger partial charge on any atom is 0.306 e. The van der Waals surface area contributed by atoms with Crippen LogP contribution in [0.25, 0.3) is 0 Å². The number of nitrogens with one attached hydrogen (secondary N) is 1. The Labute approximate surface area is 115 Å². The van der Waals surface area contributed by atoms with E-state index in [-0.39, 0.29) is 6.42 Å². The Kier molecular flexibility index (Phi) is 5.15. The fraction of sp³-hybridized carbons (Fsp3) is 0.455. The zero-order valence-corrected chi connectivity index (χ0v) is 11.7. The van der Waals surface area contributed by atoms with Gasteiger partial charge < -0.3 is 5.11 Å². The lowest BCUT2D eigenvalue weighted by Gasteiger charge is -2.15. The van der Waals surface area contributed by atoms with Crippen molar-refractivity contribution in [3.8, 4) is 0 Å². The smallest absolute Gasteiger partial charge is 0.306 e. The van der Waals surface area contributed by atoms with Gasteiger partial charge in [-0.1, -0.05) is 0 Å². The van der Waals surface area contributed by atoms with Gasteiger partial charge in [0.1, 0.15) is 0 Å². The molecule has 0 saturated heterocycles.